The van der Waals surface area contributed by atoms with Crippen LogP contribution in [0.15, 0.2) is 24.3 Å². The van der Waals surface area contributed by atoms with Gasteiger partial charge >= 0.3 is 0 Å². The molecule has 16 heavy (non-hydrogen) atoms. The molecule has 2 nitrogen and oxygen atoms in total. The number of nitrogens with one attached hydrogen (secondary N) is 1. The van der Waals surface area contributed by atoms with Crippen LogP contribution in [-0.4, -0.2) is 26.3 Å². The Morgan fingerprint density at radius 1 is 1.25 bits per heavy atom. The second kappa shape index (κ2) is 8.57. The molecule has 0 heterocycles. The van der Waals surface area contributed by atoms with Crippen LogP contribution in [0.25, 0.3) is 0 Å². The molecule has 1 N–H and O–H groups in total. The van der Waals surface area contributed by atoms with Gasteiger partial charge in [0.25, 0.3) is 0 Å². The third-order valence-electron chi connectivity index (χ3n) is 2.38. The number of ether oxygens (including phenoxy) is 1. The zero-order valence-corrected chi connectivity index (χ0v) is 10.6. The van der Waals surface area contributed by atoms with E-state index < -0.39 is 0 Å². The summed E-state index contributed by atoms with van der Waals surface area (Å²) in [6, 6.07) is 7.99. The number of rotatable bonds is 8. The van der Waals surface area contributed by atoms with Crippen LogP contribution in [0.2, 0.25) is 5.02 Å². The molecule has 3 heteroatoms. The van der Waals surface area contributed by atoms with Gasteiger partial charge in [0, 0.05) is 18.2 Å². The quantitative estimate of drug-likeness (QED) is 0.707. The molecule has 0 saturated carbocycles. The lowest BCUT2D eigenvalue weighted by molar-refractivity contribution is 0.145. The maximum atomic E-state index is 6.06. The van der Waals surface area contributed by atoms with E-state index in [4.69, 9.17) is 16.3 Å². The lowest BCUT2D eigenvalue weighted by Gasteiger charge is -2.06. The van der Waals surface area contributed by atoms with Crippen molar-refractivity contribution in [1.29, 1.82) is 0 Å². The van der Waals surface area contributed by atoms with Crippen molar-refractivity contribution >= 4 is 11.6 Å². The summed E-state index contributed by atoms with van der Waals surface area (Å²) in [5, 5.41) is 4.24. The molecule has 1 aromatic rings. The smallest absolute Gasteiger partial charge is 0.0477 e. The third kappa shape index (κ3) is 5.50. The van der Waals surface area contributed by atoms with Crippen LogP contribution >= 0.6 is 11.6 Å². The van der Waals surface area contributed by atoms with Gasteiger partial charge in [-0.15, -0.1) is 0 Å². The van der Waals surface area contributed by atoms with Crippen LogP contribution < -0.4 is 5.32 Å². The van der Waals surface area contributed by atoms with Gasteiger partial charge in [0.05, 0.1) is 0 Å². The SMILES string of the molecule is CCOCCCNCCc1ccccc1Cl. The standard InChI is InChI=1S/C13H20ClNO/c1-2-16-11-5-9-15-10-8-12-6-3-4-7-13(12)14/h3-4,6-7,15H,2,5,8-11H2,1H3. The molecule has 0 aromatic heterocycles. The van der Waals surface area contributed by atoms with Gasteiger partial charge in [0.15, 0.2) is 0 Å². The summed E-state index contributed by atoms with van der Waals surface area (Å²) in [7, 11) is 0. The van der Waals surface area contributed by atoms with Crippen molar-refractivity contribution in [2.45, 2.75) is 19.8 Å². The molecule has 0 saturated heterocycles. The first-order valence-corrected chi connectivity index (χ1v) is 6.24. The van der Waals surface area contributed by atoms with Crippen LogP contribution in [0.1, 0.15) is 18.9 Å². The third-order valence-corrected chi connectivity index (χ3v) is 2.74. The minimum absolute atomic E-state index is 0.805. The Kier molecular flexibility index (Phi) is 7.23. The first kappa shape index (κ1) is 13.5. The van der Waals surface area contributed by atoms with Crippen molar-refractivity contribution < 1.29 is 4.74 Å². The fourth-order valence-electron chi connectivity index (χ4n) is 1.49. The molecule has 0 amide bonds. The number of hydrogen-bond acceptors (Lipinski definition) is 2. The summed E-state index contributed by atoms with van der Waals surface area (Å²) in [6.45, 7) is 5.64. The Balaban J connectivity index is 2.05. The van der Waals surface area contributed by atoms with Crippen LogP contribution in [0.5, 0.6) is 0 Å². The van der Waals surface area contributed by atoms with Crippen LogP contribution in [0.4, 0.5) is 0 Å². The van der Waals surface area contributed by atoms with E-state index in [0.717, 1.165) is 44.2 Å². The minimum atomic E-state index is 0.805. The van der Waals surface area contributed by atoms with Crippen molar-refractivity contribution in [1.82, 2.24) is 5.32 Å². The Hall–Kier alpha value is -0.570. The first-order valence-electron chi connectivity index (χ1n) is 5.86. The zero-order valence-electron chi connectivity index (χ0n) is 9.84. The molecule has 0 atom stereocenters. The van der Waals surface area contributed by atoms with Gasteiger partial charge in [-0.05, 0) is 44.5 Å². The monoisotopic (exact) mass is 241 g/mol. The largest absolute Gasteiger partial charge is 0.382 e. The van der Waals surface area contributed by atoms with Gasteiger partial charge in [-0.25, -0.2) is 0 Å². The van der Waals surface area contributed by atoms with E-state index >= 15 is 0 Å². The second-order valence-electron chi connectivity index (χ2n) is 3.64. The van der Waals surface area contributed by atoms with Gasteiger partial charge in [-0.2, -0.15) is 0 Å². The number of hydrogen-bond donors (Lipinski definition) is 1. The first-order chi connectivity index (χ1) is 7.84. The fraction of sp³-hybridized carbons (Fsp3) is 0.538. The molecule has 1 rings (SSSR count). The summed E-state index contributed by atoms with van der Waals surface area (Å²) in [4.78, 5) is 0. The molecule has 0 unspecified atom stereocenters. The van der Waals surface area contributed by atoms with Gasteiger partial charge in [0.2, 0.25) is 0 Å². The van der Waals surface area contributed by atoms with E-state index in [1.807, 2.05) is 25.1 Å². The van der Waals surface area contributed by atoms with Crippen molar-refractivity contribution in [2.75, 3.05) is 26.3 Å². The molecule has 0 radical (unpaired) electrons. The van der Waals surface area contributed by atoms with Crippen molar-refractivity contribution in [3.63, 3.8) is 0 Å². The Morgan fingerprint density at radius 3 is 2.81 bits per heavy atom. The maximum Gasteiger partial charge on any atom is 0.0477 e. The highest BCUT2D eigenvalue weighted by atomic mass is 35.5. The zero-order chi connectivity index (χ0) is 11.6. The lowest BCUT2D eigenvalue weighted by atomic mass is 10.1. The van der Waals surface area contributed by atoms with E-state index in [-0.39, 0.29) is 0 Å². The average Bonchev–Trinajstić information content (AvgIpc) is 2.30. The molecule has 0 fully saturated rings. The summed E-state index contributed by atoms with van der Waals surface area (Å²) in [5.41, 5.74) is 1.21. The number of benzene rings is 1. The summed E-state index contributed by atoms with van der Waals surface area (Å²) < 4.78 is 5.26. The highest BCUT2D eigenvalue weighted by molar-refractivity contribution is 6.31. The molecule has 90 valence electrons. The van der Waals surface area contributed by atoms with Gasteiger partial charge in [0.1, 0.15) is 0 Å². The second-order valence-corrected chi connectivity index (χ2v) is 4.05. The van der Waals surface area contributed by atoms with E-state index in [0.29, 0.717) is 0 Å². The summed E-state index contributed by atoms with van der Waals surface area (Å²) >= 11 is 6.06. The summed E-state index contributed by atoms with van der Waals surface area (Å²) in [6.07, 6.45) is 2.05. The van der Waals surface area contributed by atoms with Gasteiger partial charge in [-0.1, -0.05) is 29.8 Å². The van der Waals surface area contributed by atoms with E-state index in [9.17, 15) is 0 Å². The Labute approximate surface area is 103 Å². The fourth-order valence-corrected chi connectivity index (χ4v) is 1.72. The summed E-state index contributed by atoms with van der Waals surface area (Å²) in [5.74, 6) is 0. The molecule has 0 spiro atoms. The van der Waals surface area contributed by atoms with E-state index in [1.165, 1.54) is 5.56 Å². The maximum absolute atomic E-state index is 6.06. The van der Waals surface area contributed by atoms with Crippen molar-refractivity contribution in [2.24, 2.45) is 0 Å². The molecular weight excluding hydrogens is 222 g/mol. The molecule has 1 aromatic carbocycles. The average molecular weight is 242 g/mol. The predicted octanol–water partition coefficient (Wildman–Crippen LogP) is 2.90. The lowest BCUT2D eigenvalue weighted by Crippen LogP contribution is -2.19. The number of halogens is 1. The normalized spacial score (nSPS) is 10.6. The van der Waals surface area contributed by atoms with Crippen LogP contribution in [-0.2, 0) is 11.2 Å². The molecule has 0 aliphatic rings. The Bertz CT molecular complexity index is 291. The van der Waals surface area contributed by atoms with Crippen molar-refractivity contribution in [3.05, 3.63) is 34.9 Å². The van der Waals surface area contributed by atoms with E-state index in [2.05, 4.69) is 11.4 Å². The van der Waals surface area contributed by atoms with E-state index in [1.54, 1.807) is 0 Å². The molecule has 0 bridgehead atoms. The predicted molar refractivity (Wildman–Crippen MR) is 69.1 cm³/mol. The van der Waals surface area contributed by atoms with Gasteiger partial charge < -0.3 is 10.1 Å². The van der Waals surface area contributed by atoms with Crippen molar-refractivity contribution in [3.8, 4) is 0 Å². The molecular formula is C13H20ClNO. The van der Waals surface area contributed by atoms with Gasteiger partial charge in [-0.3, -0.25) is 0 Å². The Morgan fingerprint density at radius 2 is 2.06 bits per heavy atom. The van der Waals surface area contributed by atoms with Crippen LogP contribution in [0.3, 0.4) is 0 Å². The highest BCUT2D eigenvalue weighted by Gasteiger charge is 1.97. The molecule has 0 aliphatic heterocycles. The minimum Gasteiger partial charge on any atom is -0.382 e. The molecule has 0 aliphatic carbocycles. The topological polar surface area (TPSA) is 21.3 Å². The van der Waals surface area contributed by atoms with Crippen LogP contribution in [0, 0.1) is 0 Å². The highest BCUT2D eigenvalue weighted by Crippen LogP contribution is 2.14.